The Labute approximate surface area is 122 Å². The van der Waals surface area contributed by atoms with Gasteiger partial charge in [-0.3, -0.25) is 9.78 Å². The molecule has 0 radical (unpaired) electrons. The number of rotatable bonds is 5. The van der Waals surface area contributed by atoms with Gasteiger partial charge < -0.3 is 9.84 Å². The van der Waals surface area contributed by atoms with Crippen molar-refractivity contribution in [3.8, 4) is 23.8 Å². The van der Waals surface area contributed by atoms with Crippen LogP contribution in [0, 0.1) is 12.3 Å². The van der Waals surface area contributed by atoms with Crippen molar-refractivity contribution in [2.45, 2.75) is 0 Å². The third kappa shape index (κ3) is 3.95. The molecule has 2 aromatic rings. The highest BCUT2D eigenvalue weighted by Gasteiger charge is 2.09. The van der Waals surface area contributed by atoms with Crippen molar-refractivity contribution < 1.29 is 14.6 Å². The lowest BCUT2D eigenvalue weighted by Crippen LogP contribution is -1.97. The summed E-state index contributed by atoms with van der Waals surface area (Å²) < 4.78 is 5.17. The number of benzene rings is 1. The van der Waals surface area contributed by atoms with E-state index >= 15 is 0 Å². The van der Waals surface area contributed by atoms with E-state index in [0.29, 0.717) is 5.75 Å². The number of carbonyl (C=O) groups excluding carboxylic acids is 1. The molecule has 1 N–H and O–H groups in total. The molecule has 0 atom stereocenters. The second-order valence-electron chi connectivity index (χ2n) is 4.16. The number of aromatic hydroxyl groups is 1. The van der Waals surface area contributed by atoms with Crippen LogP contribution in [0.2, 0.25) is 0 Å². The number of aromatic nitrogens is 1. The normalized spacial score (nSPS) is 10.2. The van der Waals surface area contributed by atoms with Crippen LogP contribution in [0.25, 0.3) is 6.08 Å². The minimum absolute atomic E-state index is 0.105. The minimum Gasteiger partial charge on any atom is -0.507 e. The molecule has 0 saturated heterocycles. The molecule has 0 unspecified atom stereocenters. The van der Waals surface area contributed by atoms with Crippen molar-refractivity contribution in [2.75, 3.05) is 6.61 Å². The first-order valence-corrected chi connectivity index (χ1v) is 6.22. The maximum absolute atomic E-state index is 12.0. The first kappa shape index (κ1) is 14.4. The van der Waals surface area contributed by atoms with Gasteiger partial charge in [0, 0.05) is 18.5 Å². The molecule has 0 amide bonds. The maximum Gasteiger partial charge on any atom is 0.189 e. The summed E-state index contributed by atoms with van der Waals surface area (Å²) in [6, 6.07) is 8.05. The maximum atomic E-state index is 12.0. The van der Waals surface area contributed by atoms with E-state index in [1.807, 2.05) is 6.07 Å². The fourth-order valence-corrected chi connectivity index (χ4v) is 1.67. The number of carbonyl (C=O) groups is 1. The standard InChI is InChI=1S/C17H13NO3/c1-2-10-21-14-6-7-15(17(20)11-14)16(19)8-5-13-4-3-9-18-12-13/h1,3-9,11-12,20H,10H2/b8-5+. The van der Waals surface area contributed by atoms with Gasteiger partial charge in [-0.05, 0) is 35.9 Å². The molecule has 4 nitrogen and oxygen atoms in total. The van der Waals surface area contributed by atoms with Crippen LogP contribution in [-0.4, -0.2) is 22.5 Å². The molecular formula is C17H13NO3. The summed E-state index contributed by atoms with van der Waals surface area (Å²) in [7, 11) is 0. The zero-order valence-electron chi connectivity index (χ0n) is 11.2. The van der Waals surface area contributed by atoms with E-state index in [4.69, 9.17) is 11.2 Å². The Bertz CT molecular complexity index is 700. The van der Waals surface area contributed by atoms with Crippen molar-refractivity contribution in [3.63, 3.8) is 0 Å². The van der Waals surface area contributed by atoms with Crippen LogP contribution in [0.5, 0.6) is 11.5 Å². The number of hydrogen-bond donors (Lipinski definition) is 1. The Hall–Kier alpha value is -3.06. The van der Waals surface area contributed by atoms with E-state index in [0.717, 1.165) is 5.56 Å². The Morgan fingerprint density at radius 2 is 2.29 bits per heavy atom. The summed E-state index contributed by atoms with van der Waals surface area (Å²) >= 11 is 0. The second-order valence-corrected chi connectivity index (χ2v) is 4.16. The minimum atomic E-state index is -0.306. The molecule has 0 bridgehead atoms. The lowest BCUT2D eigenvalue weighted by Gasteiger charge is -2.05. The van der Waals surface area contributed by atoms with Gasteiger partial charge in [0.05, 0.1) is 5.56 Å². The summed E-state index contributed by atoms with van der Waals surface area (Å²) in [5.41, 5.74) is 1.00. The number of allylic oxidation sites excluding steroid dienone is 1. The van der Waals surface area contributed by atoms with E-state index < -0.39 is 0 Å². The zero-order chi connectivity index (χ0) is 15.1. The van der Waals surface area contributed by atoms with Crippen LogP contribution in [0.15, 0.2) is 48.8 Å². The Morgan fingerprint density at radius 3 is 2.95 bits per heavy atom. The molecule has 0 aliphatic rings. The average Bonchev–Trinajstić information content (AvgIpc) is 2.51. The molecule has 1 aromatic heterocycles. The number of nitrogens with zero attached hydrogens (tertiary/aromatic N) is 1. The predicted molar refractivity (Wildman–Crippen MR) is 80.0 cm³/mol. The molecule has 0 aliphatic heterocycles. The fourth-order valence-electron chi connectivity index (χ4n) is 1.67. The highest BCUT2D eigenvalue weighted by molar-refractivity contribution is 6.08. The van der Waals surface area contributed by atoms with E-state index in [-0.39, 0.29) is 23.7 Å². The number of terminal acetylenes is 1. The molecule has 0 spiro atoms. The summed E-state index contributed by atoms with van der Waals surface area (Å²) in [6.07, 6.45) is 11.4. The molecule has 0 saturated carbocycles. The van der Waals surface area contributed by atoms with E-state index in [2.05, 4.69) is 10.9 Å². The Kier molecular flexibility index (Phi) is 4.73. The van der Waals surface area contributed by atoms with Gasteiger partial charge in [0.2, 0.25) is 0 Å². The van der Waals surface area contributed by atoms with Crippen molar-refractivity contribution in [1.29, 1.82) is 0 Å². The van der Waals surface area contributed by atoms with E-state index in [1.165, 1.54) is 18.2 Å². The number of phenolic OH excluding ortho intramolecular Hbond substituents is 1. The Balaban J connectivity index is 2.13. The van der Waals surface area contributed by atoms with Crippen LogP contribution >= 0.6 is 0 Å². The van der Waals surface area contributed by atoms with Gasteiger partial charge in [0.1, 0.15) is 18.1 Å². The number of pyridine rings is 1. The van der Waals surface area contributed by atoms with Crippen LogP contribution in [0.3, 0.4) is 0 Å². The van der Waals surface area contributed by atoms with Gasteiger partial charge in [0.15, 0.2) is 5.78 Å². The van der Waals surface area contributed by atoms with E-state index in [1.54, 1.807) is 30.6 Å². The van der Waals surface area contributed by atoms with Crippen LogP contribution < -0.4 is 4.74 Å². The smallest absolute Gasteiger partial charge is 0.189 e. The van der Waals surface area contributed by atoms with Crippen molar-refractivity contribution in [1.82, 2.24) is 4.98 Å². The third-order valence-electron chi connectivity index (χ3n) is 2.67. The lowest BCUT2D eigenvalue weighted by atomic mass is 10.1. The highest BCUT2D eigenvalue weighted by atomic mass is 16.5. The quantitative estimate of drug-likeness (QED) is 0.519. The van der Waals surface area contributed by atoms with E-state index in [9.17, 15) is 9.90 Å². The molecule has 21 heavy (non-hydrogen) atoms. The van der Waals surface area contributed by atoms with Crippen molar-refractivity contribution in [2.24, 2.45) is 0 Å². The molecular weight excluding hydrogens is 266 g/mol. The summed E-state index contributed by atoms with van der Waals surface area (Å²) in [6.45, 7) is 0.105. The number of ether oxygens (including phenoxy) is 1. The molecule has 1 heterocycles. The molecule has 0 fully saturated rings. The van der Waals surface area contributed by atoms with Gasteiger partial charge in [-0.2, -0.15) is 0 Å². The summed E-state index contributed by atoms with van der Waals surface area (Å²) in [4.78, 5) is 16.0. The number of ketones is 1. The highest BCUT2D eigenvalue weighted by Crippen LogP contribution is 2.24. The predicted octanol–water partition coefficient (Wildman–Crippen LogP) is 2.70. The molecule has 0 aliphatic carbocycles. The lowest BCUT2D eigenvalue weighted by molar-refractivity contribution is 0.104. The van der Waals surface area contributed by atoms with Gasteiger partial charge in [-0.15, -0.1) is 6.42 Å². The first-order chi connectivity index (χ1) is 10.2. The molecule has 4 heteroatoms. The third-order valence-corrected chi connectivity index (χ3v) is 2.67. The largest absolute Gasteiger partial charge is 0.507 e. The average molecular weight is 279 g/mol. The Morgan fingerprint density at radius 1 is 1.43 bits per heavy atom. The van der Waals surface area contributed by atoms with Gasteiger partial charge >= 0.3 is 0 Å². The molecule has 104 valence electrons. The second kappa shape index (κ2) is 6.92. The van der Waals surface area contributed by atoms with Gasteiger partial charge in [0.25, 0.3) is 0 Å². The molecule has 2 rings (SSSR count). The molecule has 1 aromatic carbocycles. The van der Waals surface area contributed by atoms with Crippen LogP contribution in [0.4, 0.5) is 0 Å². The zero-order valence-corrected chi connectivity index (χ0v) is 11.2. The first-order valence-electron chi connectivity index (χ1n) is 6.22. The topological polar surface area (TPSA) is 59.4 Å². The fraction of sp³-hybridized carbons (Fsp3) is 0.0588. The summed E-state index contributed by atoms with van der Waals surface area (Å²) in [5.74, 6) is 2.29. The monoisotopic (exact) mass is 279 g/mol. The SMILES string of the molecule is C#CCOc1ccc(C(=O)/C=C/c2cccnc2)c(O)c1. The van der Waals surface area contributed by atoms with Gasteiger partial charge in [-0.25, -0.2) is 0 Å². The van der Waals surface area contributed by atoms with Crippen molar-refractivity contribution in [3.05, 3.63) is 59.9 Å². The van der Waals surface area contributed by atoms with Gasteiger partial charge in [-0.1, -0.05) is 12.0 Å². The van der Waals surface area contributed by atoms with Crippen LogP contribution in [0.1, 0.15) is 15.9 Å². The number of hydrogen-bond acceptors (Lipinski definition) is 4. The van der Waals surface area contributed by atoms with Crippen LogP contribution in [-0.2, 0) is 0 Å². The number of phenols is 1. The van der Waals surface area contributed by atoms with Crippen molar-refractivity contribution >= 4 is 11.9 Å². The summed E-state index contributed by atoms with van der Waals surface area (Å²) in [5, 5.41) is 9.86.